The number of rotatable bonds is 8. The van der Waals surface area contributed by atoms with Gasteiger partial charge >= 0.3 is 5.69 Å². The van der Waals surface area contributed by atoms with E-state index in [9.17, 15) is 4.79 Å². The van der Waals surface area contributed by atoms with Gasteiger partial charge in [-0.25, -0.2) is 4.79 Å². The number of aryl methyl sites for hydroxylation is 1. The number of fused-ring (bicyclic) bond motifs is 1. The first kappa shape index (κ1) is 18.2. The fraction of sp³-hybridized carbons (Fsp3) is 0.647. The molecule has 0 bridgehead atoms. The highest BCUT2D eigenvalue weighted by Gasteiger charge is 2.15. The second-order valence-corrected chi connectivity index (χ2v) is 7.97. The molecule has 0 radical (unpaired) electrons. The van der Waals surface area contributed by atoms with Crippen molar-refractivity contribution < 1.29 is 4.40 Å². The summed E-state index contributed by atoms with van der Waals surface area (Å²) in [6.07, 6.45) is 2.77. The van der Waals surface area contributed by atoms with Crippen LogP contribution in [-0.2, 0) is 6.54 Å². The molecule has 0 aliphatic heterocycles. The Labute approximate surface area is 146 Å². The summed E-state index contributed by atoms with van der Waals surface area (Å²) in [5.41, 5.74) is 0.806. The quantitative estimate of drug-likeness (QED) is 0.712. The summed E-state index contributed by atoms with van der Waals surface area (Å²) in [5, 5.41) is 3.17. The summed E-state index contributed by atoms with van der Waals surface area (Å²) in [4.78, 5) is 14.9. The molecule has 0 saturated carbocycles. The summed E-state index contributed by atoms with van der Waals surface area (Å²) >= 11 is 3.40. The third kappa shape index (κ3) is 5.18. The Balaban J connectivity index is 1.99. The average molecular weight is 384 g/mol. The van der Waals surface area contributed by atoms with Gasteiger partial charge in [0.25, 0.3) is 5.65 Å². The number of hydrogen-bond acceptors (Lipinski definition) is 2. The molecule has 0 aromatic carbocycles. The zero-order valence-electron chi connectivity index (χ0n) is 14.6. The molecule has 1 N–H and O–H groups in total. The molecule has 0 fully saturated rings. The van der Waals surface area contributed by atoms with Crippen LogP contribution in [0.25, 0.3) is 5.65 Å². The normalized spacial score (nSPS) is 12.2. The highest BCUT2D eigenvalue weighted by Crippen LogP contribution is 2.06. The number of aromatic nitrogens is 3. The lowest BCUT2D eigenvalue weighted by Gasteiger charge is -2.25. The monoisotopic (exact) mass is 383 g/mol. The molecular formula is C17H28BrN4O+. The Morgan fingerprint density at radius 1 is 1.22 bits per heavy atom. The van der Waals surface area contributed by atoms with Crippen molar-refractivity contribution in [2.24, 2.45) is 11.8 Å². The van der Waals surface area contributed by atoms with E-state index in [1.807, 2.05) is 12.1 Å². The van der Waals surface area contributed by atoms with E-state index in [0.29, 0.717) is 18.4 Å². The van der Waals surface area contributed by atoms with Gasteiger partial charge in [-0.3, -0.25) is 0 Å². The van der Waals surface area contributed by atoms with E-state index in [0.717, 1.165) is 36.2 Å². The maximum atomic E-state index is 12.4. The zero-order valence-corrected chi connectivity index (χ0v) is 16.1. The molecule has 128 valence electrons. The minimum Gasteiger partial charge on any atom is -0.303 e. The van der Waals surface area contributed by atoms with E-state index in [1.165, 1.54) is 0 Å². The Kier molecular flexibility index (Phi) is 6.41. The van der Waals surface area contributed by atoms with Crippen molar-refractivity contribution in [2.45, 2.75) is 40.7 Å². The van der Waals surface area contributed by atoms with Crippen LogP contribution in [0.15, 0.2) is 27.6 Å². The van der Waals surface area contributed by atoms with Gasteiger partial charge in [0.05, 0.1) is 6.20 Å². The van der Waals surface area contributed by atoms with Gasteiger partial charge in [-0.05, 0) is 40.3 Å². The molecule has 0 spiro atoms. The molecule has 0 aliphatic carbocycles. The fourth-order valence-electron chi connectivity index (χ4n) is 2.93. The van der Waals surface area contributed by atoms with Gasteiger partial charge in [-0.15, -0.1) is 4.68 Å². The van der Waals surface area contributed by atoms with Crippen LogP contribution in [0.4, 0.5) is 0 Å². The number of pyridine rings is 1. The summed E-state index contributed by atoms with van der Waals surface area (Å²) in [6, 6.07) is 3.84. The molecule has 5 nitrogen and oxygen atoms in total. The molecule has 0 atom stereocenters. The fourth-order valence-corrected chi connectivity index (χ4v) is 3.27. The Morgan fingerprint density at radius 2 is 1.87 bits per heavy atom. The van der Waals surface area contributed by atoms with Crippen molar-refractivity contribution in [2.75, 3.05) is 19.6 Å². The minimum absolute atomic E-state index is 0.0134. The van der Waals surface area contributed by atoms with Crippen molar-refractivity contribution in [3.05, 3.63) is 33.3 Å². The Hall–Kier alpha value is -1.14. The molecule has 2 aromatic rings. The van der Waals surface area contributed by atoms with Crippen molar-refractivity contribution in [3.8, 4) is 0 Å². The van der Waals surface area contributed by atoms with Crippen LogP contribution in [0.5, 0.6) is 0 Å². The highest BCUT2D eigenvalue weighted by atomic mass is 79.9. The standard InChI is InChI=1S/C17H27BrN4O/c1-13(2)10-20(11-14(3)4)8-5-9-22-17(23)21-12-15(18)6-7-16(21)19-22/h6-7,12-14H,5,8-11H2,1-4H3/p+1. The van der Waals surface area contributed by atoms with Crippen LogP contribution in [0.2, 0.25) is 0 Å². The highest BCUT2D eigenvalue weighted by molar-refractivity contribution is 9.10. The molecule has 0 amide bonds. The summed E-state index contributed by atoms with van der Waals surface area (Å²) in [6.45, 7) is 13.0. The van der Waals surface area contributed by atoms with Gasteiger partial charge in [0.15, 0.2) is 0 Å². The minimum atomic E-state index is -0.0134. The molecule has 0 aliphatic rings. The van der Waals surface area contributed by atoms with Gasteiger partial charge in [0, 0.05) is 30.2 Å². The van der Waals surface area contributed by atoms with Gasteiger partial charge in [0.2, 0.25) is 0 Å². The predicted molar refractivity (Wildman–Crippen MR) is 96.6 cm³/mol. The van der Waals surface area contributed by atoms with E-state index in [2.05, 4.69) is 53.6 Å². The number of aromatic amines is 1. The molecule has 23 heavy (non-hydrogen) atoms. The van der Waals surface area contributed by atoms with Gasteiger partial charge < -0.3 is 4.90 Å². The van der Waals surface area contributed by atoms with Crippen molar-refractivity contribution in [1.82, 2.24) is 14.7 Å². The molecule has 2 aromatic heterocycles. The lowest BCUT2D eigenvalue weighted by Crippen LogP contribution is -2.41. The number of halogens is 1. The Bertz CT molecular complexity index is 679. The lowest BCUT2D eigenvalue weighted by molar-refractivity contribution is -0.531. The molecule has 2 heterocycles. The van der Waals surface area contributed by atoms with Crippen LogP contribution >= 0.6 is 15.9 Å². The van der Waals surface area contributed by atoms with Crippen LogP contribution < -0.4 is 10.1 Å². The molecule has 2 rings (SSSR count). The summed E-state index contributed by atoms with van der Waals surface area (Å²) in [5.74, 6) is 1.33. The second kappa shape index (κ2) is 8.11. The Morgan fingerprint density at radius 3 is 2.48 bits per heavy atom. The smallest absolute Gasteiger partial charge is 0.303 e. The third-order valence-electron chi connectivity index (χ3n) is 3.70. The molecule has 0 saturated heterocycles. The predicted octanol–water partition coefficient (Wildman–Crippen LogP) is 2.68. The van der Waals surface area contributed by atoms with Gasteiger partial charge in [0.1, 0.15) is 6.54 Å². The van der Waals surface area contributed by atoms with Crippen LogP contribution in [-0.4, -0.2) is 34.3 Å². The SMILES string of the molecule is CC(C)CN(CCCn1[nH]c2ccc(Br)c[n+]2c1=O)CC(C)C. The van der Waals surface area contributed by atoms with Crippen LogP contribution in [0, 0.1) is 11.8 Å². The first-order valence-corrected chi connectivity index (χ1v) is 9.18. The topological polar surface area (TPSA) is 45.1 Å². The first-order valence-electron chi connectivity index (χ1n) is 8.39. The number of nitrogens with zero attached hydrogens (tertiary/aromatic N) is 3. The van der Waals surface area contributed by atoms with E-state index in [-0.39, 0.29) is 5.69 Å². The van der Waals surface area contributed by atoms with Crippen LogP contribution in [0.3, 0.4) is 0 Å². The van der Waals surface area contributed by atoms with E-state index in [4.69, 9.17) is 0 Å². The number of nitrogens with one attached hydrogen (secondary N) is 1. The van der Waals surface area contributed by atoms with Crippen molar-refractivity contribution in [3.63, 3.8) is 0 Å². The van der Waals surface area contributed by atoms with E-state index < -0.39 is 0 Å². The maximum absolute atomic E-state index is 12.4. The summed E-state index contributed by atoms with van der Waals surface area (Å²) < 4.78 is 4.24. The average Bonchev–Trinajstić information content (AvgIpc) is 2.74. The number of H-pyrrole nitrogens is 1. The molecule has 6 heteroatoms. The molecular weight excluding hydrogens is 356 g/mol. The maximum Gasteiger partial charge on any atom is 0.476 e. The third-order valence-corrected chi connectivity index (χ3v) is 4.17. The second-order valence-electron chi connectivity index (χ2n) is 7.05. The van der Waals surface area contributed by atoms with Crippen molar-refractivity contribution in [1.29, 1.82) is 0 Å². The first-order chi connectivity index (χ1) is 10.9. The largest absolute Gasteiger partial charge is 0.476 e. The van der Waals surface area contributed by atoms with E-state index in [1.54, 1.807) is 15.3 Å². The van der Waals surface area contributed by atoms with E-state index >= 15 is 0 Å². The number of hydrogen-bond donors (Lipinski definition) is 1. The summed E-state index contributed by atoms with van der Waals surface area (Å²) in [7, 11) is 0. The zero-order chi connectivity index (χ0) is 17.0. The van der Waals surface area contributed by atoms with Gasteiger partial charge in [-0.1, -0.05) is 27.7 Å². The molecule has 0 unspecified atom stereocenters. The van der Waals surface area contributed by atoms with Crippen LogP contribution in [0.1, 0.15) is 34.1 Å². The lowest BCUT2D eigenvalue weighted by atomic mass is 10.1. The van der Waals surface area contributed by atoms with Gasteiger partial charge in [-0.2, -0.15) is 9.50 Å². The van der Waals surface area contributed by atoms with Crippen molar-refractivity contribution >= 4 is 21.6 Å².